The second-order valence-electron chi connectivity index (χ2n) is 5.36. The van der Waals surface area contributed by atoms with Crippen molar-refractivity contribution in [2.75, 3.05) is 11.9 Å². The van der Waals surface area contributed by atoms with Gasteiger partial charge in [0.05, 0.1) is 18.7 Å². The number of pyridine rings is 1. The summed E-state index contributed by atoms with van der Waals surface area (Å²) in [6.07, 6.45) is 1.12. The van der Waals surface area contributed by atoms with E-state index in [4.69, 9.17) is 9.84 Å². The van der Waals surface area contributed by atoms with Gasteiger partial charge in [0.25, 0.3) is 0 Å². The number of ether oxygens (including phenoxy) is 1. The zero-order valence-electron chi connectivity index (χ0n) is 13.7. The van der Waals surface area contributed by atoms with Crippen LogP contribution in [0.4, 0.5) is 10.2 Å². The number of aliphatic hydroxyl groups is 1. The molecule has 26 heavy (non-hydrogen) atoms. The van der Waals surface area contributed by atoms with E-state index in [0.717, 1.165) is 12.0 Å². The highest BCUT2D eigenvalue weighted by atomic mass is 19.1. The van der Waals surface area contributed by atoms with E-state index in [9.17, 15) is 9.18 Å². The maximum absolute atomic E-state index is 12.9. The van der Waals surface area contributed by atoms with Crippen molar-refractivity contribution in [3.63, 3.8) is 0 Å². The first kappa shape index (κ1) is 17.6. The highest BCUT2D eigenvalue weighted by Gasteiger charge is 2.06. The Morgan fingerprint density at radius 2 is 1.69 bits per heavy atom. The lowest BCUT2D eigenvalue weighted by molar-refractivity contribution is -0.113. The second-order valence-corrected chi connectivity index (χ2v) is 5.36. The van der Waals surface area contributed by atoms with Crippen LogP contribution in [0.1, 0.15) is 0 Å². The fourth-order valence-electron chi connectivity index (χ4n) is 2.26. The lowest BCUT2D eigenvalue weighted by Gasteiger charge is -2.08. The number of amides is 1. The highest BCUT2D eigenvalue weighted by Crippen LogP contribution is 2.25. The number of aliphatic hydroxyl groups excluding tert-OH is 1. The molecule has 1 aromatic heterocycles. The molecule has 0 spiro atoms. The molecule has 131 valence electrons. The molecule has 2 aromatic carbocycles. The molecular formula is C20H16FN2O3. The number of anilines is 1. The van der Waals surface area contributed by atoms with Crippen LogP contribution in [0.3, 0.4) is 0 Å². The first-order valence-electron chi connectivity index (χ1n) is 7.90. The molecule has 6 heteroatoms. The van der Waals surface area contributed by atoms with Crippen LogP contribution in [0.5, 0.6) is 11.5 Å². The van der Waals surface area contributed by atoms with Crippen molar-refractivity contribution < 1.29 is 19.0 Å². The van der Waals surface area contributed by atoms with Crippen LogP contribution < -0.4 is 10.1 Å². The number of benzene rings is 2. The number of carbonyl (C=O) groups excluding carboxylic acids is 1. The molecule has 0 saturated heterocycles. The fraction of sp³-hybridized carbons (Fsp3) is 0.0500. The van der Waals surface area contributed by atoms with E-state index in [1.165, 1.54) is 12.1 Å². The zero-order valence-corrected chi connectivity index (χ0v) is 13.7. The molecule has 0 aliphatic rings. The molecule has 0 unspecified atom stereocenters. The average molecular weight is 351 g/mol. The SMILES string of the molecule is O=C([CH]CO)Nc1cccc(-c2ccc(Oc3ccc(F)cc3)cc2)n1. The number of nitrogens with one attached hydrogen (secondary N) is 1. The predicted molar refractivity (Wildman–Crippen MR) is 96.2 cm³/mol. The van der Waals surface area contributed by atoms with E-state index < -0.39 is 5.91 Å². The quantitative estimate of drug-likeness (QED) is 0.708. The van der Waals surface area contributed by atoms with Gasteiger partial charge in [0.1, 0.15) is 23.1 Å². The molecule has 3 rings (SSSR count). The Balaban J connectivity index is 1.72. The molecule has 1 heterocycles. The van der Waals surface area contributed by atoms with Crippen LogP contribution in [-0.2, 0) is 4.79 Å². The van der Waals surface area contributed by atoms with Crippen molar-refractivity contribution >= 4 is 11.7 Å². The third-order valence-electron chi connectivity index (χ3n) is 3.48. The molecule has 2 N–H and O–H groups in total. The third-order valence-corrected chi connectivity index (χ3v) is 3.48. The summed E-state index contributed by atoms with van der Waals surface area (Å²) in [7, 11) is 0. The Morgan fingerprint density at radius 1 is 1.04 bits per heavy atom. The summed E-state index contributed by atoms with van der Waals surface area (Å²) in [6, 6.07) is 18.3. The first-order valence-corrected chi connectivity index (χ1v) is 7.90. The second kappa shape index (κ2) is 8.22. The van der Waals surface area contributed by atoms with E-state index in [1.807, 2.05) is 18.2 Å². The van der Waals surface area contributed by atoms with E-state index in [2.05, 4.69) is 10.3 Å². The number of carbonyl (C=O) groups is 1. The van der Waals surface area contributed by atoms with Crippen LogP contribution in [0.25, 0.3) is 11.3 Å². The summed E-state index contributed by atoms with van der Waals surface area (Å²) in [5.74, 6) is 0.816. The van der Waals surface area contributed by atoms with Gasteiger partial charge in [-0.2, -0.15) is 0 Å². The Labute approximate surface area is 150 Å². The molecule has 0 aliphatic carbocycles. The minimum absolute atomic E-state index is 0.317. The summed E-state index contributed by atoms with van der Waals surface area (Å²) >= 11 is 0. The van der Waals surface area contributed by atoms with Gasteiger partial charge in [-0.15, -0.1) is 0 Å². The highest BCUT2D eigenvalue weighted by molar-refractivity contribution is 5.96. The molecule has 3 aromatic rings. The van der Waals surface area contributed by atoms with Gasteiger partial charge < -0.3 is 15.2 Å². The molecule has 0 saturated carbocycles. The summed E-state index contributed by atoms with van der Waals surface area (Å²) in [5.41, 5.74) is 1.53. The number of nitrogens with zero attached hydrogens (tertiary/aromatic N) is 1. The summed E-state index contributed by atoms with van der Waals surface area (Å²) in [6.45, 7) is -0.332. The van der Waals surface area contributed by atoms with Crippen molar-refractivity contribution in [1.82, 2.24) is 4.98 Å². The maximum atomic E-state index is 12.9. The average Bonchev–Trinajstić information content (AvgIpc) is 2.65. The number of hydrogen-bond acceptors (Lipinski definition) is 4. The lowest BCUT2D eigenvalue weighted by atomic mass is 10.1. The summed E-state index contributed by atoms with van der Waals surface area (Å²) in [4.78, 5) is 15.9. The van der Waals surface area contributed by atoms with Crippen LogP contribution in [-0.4, -0.2) is 22.6 Å². The monoisotopic (exact) mass is 351 g/mol. The predicted octanol–water partition coefficient (Wildman–Crippen LogP) is 3.82. The van der Waals surface area contributed by atoms with Crippen molar-refractivity contribution in [2.45, 2.75) is 0 Å². The molecular weight excluding hydrogens is 335 g/mol. The largest absolute Gasteiger partial charge is 0.457 e. The van der Waals surface area contributed by atoms with E-state index in [0.29, 0.717) is 23.0 Å². The topological polar surface area (TPSA) is 71.5 Å². The van der Waals surface area contributed by atoms with Gasteiger partial charge in [-0.25, -0.2) is 9.37 Å². The fourth-order valence-corrected chi connectivity index (χ4v) is 2.26. The van der Waals surface area contributed by atoms with Gasteiger partial charge in [0.15, 0.2) is 0 Å². The maximum Gasteiger partial charge on any atom is 0.231 e. The normalized spacial score (nSPS) is 10.4. The lowest BCUT2D eigenvalue weighted by Crippen LogP contribution is -2.14. The van der Waals surface area contributed by atoms with E-state index >= 15 is 0 Å². The molecule has 0 fully saturated rings. The smallest absolute Gasteiger partial charge is 0.231 e. The van der Waals surface area contributed by atoms with Gasteiger partial charge in [-0.1, -0.05) is 6.07 Å². The van der Waals surface area contributed by atoms with Gasteiger partial charge in [-0.3, -0.25) is 4.79 Å². The Bertz CT molecular complexity index is 880. The van der Waals surface area contributed by atoms with Crippen molar-refractivity contribution in [2.24, 2.45) is 0 Å². The molecule has 0 bridgehead atoms. The van der Waals surface area contributed by atoms with E-state index in [-0.39, 0.29) is 12.4 Å². The van der Waals surface area contributed by atoms with Crippen LogP contribution in [0.2, 0.25) is 0 Å². The molecule has 0 aliphatic heterocycles. The van der Waals surface area contributed by atoms with Gasteiger partial charge in [0.2, 0.25) is 5.91 Å². The van der Waals surface area contributed by atoms with Crippen molar-refractivity contribution in [3.8, 4) is 22.8 Å². The standard InChI is InChI=1S/C20H16FN2O3/c21-15-6-10-17(11-7-15)26-16-8-4-14(5-9-16)18-2-1-3-19(22-18)23-20(25)12-13-24/h1-12,24H,13H2,(H,22,23,25). The van der Waals surface area contributed by atoms with E-state index in [1.54, 1.807) is 36.4 Å². The molecule has 5 nitrogen and oxygen atoms in total. The number of aromatic nitrogens is 1. The van der Waals surface area contributed by atoms with Gasteiger partial charge in [0, 0.05) is 5.56 Å². The van der Waals surface area contributed by atoms with Crippen LogP contribution in [0, 0.1) is 12.2 Å². The zero-order chi connectivity index (χ0) is 18.4. The van der Waals surface area contributed by atoms with Gasteiger partial charge >= 0.3 is 0 Å². The van der Waals surface area contributed by atoms with Crippen LogP contribution >= 0.6 is 0 Å². The Morgan fingerprint density at radius 3 is 2.35 bits per heavy atom. The van der Waals surface area contributed by atoms with Gasteiger partial charge in [-0.05, 0) is 60.7 Å². The van der Waals surface area contributed by atoms with Crippen LogP contribution in [0.15, 0.2) is 66.7 Å². The Hall–Kier alpha value is -3.25. The van der Waals surface area contributed by atoms with Crippen molar-refractivity contribution in [1.29, 1.82) is 0 Å². The minimum atomic E-state index is -0.416. The third kappa shape index (κ3) is 4.64. The summed E-state index contributed by atoms with van der Waals surface area (Å²) < 4.78 is 18.6. The number of hydrogen-bond donors (Lipinski definition) is 2. The number of halogens is 1. The minimum Gasteiger partial charge on any atom is -0.457 e. The molecule has 1 amide bonds. The number of rotatable bonds is 6. The van der Waals surface area contributed by atoms with Crippen molar-refractivity contribution in [3.05, 3.63) is 79.0 Å². The first-order chi connectivity index (χ1) is 12.6. The Kier molecular flexibility index (Phi) is 5.56. The molecule has 1 radical (unpaired) electrons. The molecule has 0 atom stereocenters. The summed E-state index contributed by atoms with van der Waals surface area (Å²) in [5, 5.41) is 11.3.